The lowest BCUT2D eigenvalue weighted by atomic mass is 10.1. The number of aliphatic hydroxyl groups is 1. The van der Waals surface area contributed by atoms with Crippen molar-refractivity contribution in [3.05, 3.63) is 58.6 Å². The molecule has 8 nitrogen and oxygen atoms in total. The monoisotopic (exact) mass is 532 g/mol. The third-order valence-electron chi connectivity index (χ3n) is 6.36. The minimum Gasteiger partial charge on any atom is -0.475 e. The molecular weight excluding hydrogens is 496 g/mol. The van der Waals surface area contributed by atoms with Gasteiger partial charge in [-0.2, -0.15) is 0 Å². The number of halogens is 1. The quantitative estimate of drug-likeness (QED) is 0.306. The molecule has 9 heteroatoms. The molecule has 0 saturated heterocycles. The molecular formula is C28H37ClN2O6. The number of nitrogens with zero attached hydrogens (tertiary/aromatic N) is 1. The number of fused-ring (bicyclic) bond motifs is 1. The molecule has 202 valence electrons. The molecule has 0 spiro atoms. The molecule has 1 aliphatic rings. The van der Waals surface area contributed by atoms with Gasteiger partial charge in [0.2, 0.25) is 0 Å². The van der Waals surface area contributed by atoms with Crippen LogP contribution in [0, 0.1) is 0 Å². The van der Waals surface area contributed by atoms with Gasteiger partial charge >= 0.3 is 17.7 Å². The SMILES string of the molecule is CCCCN(CCCC)C(=O)C1(C(=O)O)Oc2ccc(CC(C)NCC(O)c3cccc(Cl)c3)cc2O1. The molecule has 0 aromatic heterocycles. The lowest BCUT2D eigenvalue weighted by molar-refractivity contribution is -0.190. The van der Waals surface area contributed by atoms with Gasteiger partial charge in [-0.05, 0) is 61.6 Å². The van der Waals surface area contributed by atoms with Crippen LogP contribution in [-0.4, -0.2) is 58.5 Å². The van der Waals surface area contributed by atoms with Crippen molar-refractivity contribution in [1.29, 1.82) is 0 Å². The number of benzene rings is 2. The van der Waals surface area contributed by atoms with E-state index in [2.05, 4.69) is 5.32 Å². The highest BCUT2D eigenvalue weighted by Gasteiger charge is 2.58. The van der Waals surface area contributed by atoms with Crippen LogP contribution in [0.4, 0.5) is 0 Å². The van der Waals surface area contributed by atoms with E-state index in [-0.39, 0.29) is 17.5 Å². The summed E-state index contributed by atoms with van der Waals surface area (Å²) in [5.41, 5.74) is 1.61. The van der Waals surface area contributed by atoms with Crippen molar-refractivity contribution in [2.75, 3.05) is 19.6 Å². The standard InChI is InChI=1S/C28H37ClN2O6/c1-4-6-13-31(14-7-5-2)26(33)28(27(34)35)36-24-12-11-20(16-25(24)37-28)15-19(3)30-18-23(32)21-9-8-10-22(29)17-21/h8-12,16-17,19,23,30,32H,4-7,13-15,18H2,1-3H3,(H,34,35). The van der Waals surface area contributed by atoms with Gasteiger partial charge in [0.05, 0.1) is 6.10 Å². The average Bonchev–Trinajstić information content (AvgIpc) is 3.27. The summed E-state index contributed by atoms with van der Waals surface area (Å²) in [6.45, 7) is 7.26. The Hall–Kier alpha value is -2.81. The fraction of sp³-hybridized carbons (Fsp3) is 0.500. The Morgan fingerprint density at radius 3 is 2.35 bits per heavy atom. The van der Waals surface area contributed by atoms with E-state index in [0.29, 0.717) is 31.1 Å². The largest absolute Gasteiger partial charge is 0.475 e. The average molecular weight is 533 g/mol. The lowest BCUT2D eigenvalue weighted by Crippen LogP contribution is -2.60. The van der Waals surface area contributed by atoms with Crippen molar-refractivity contribution >= 4 is 23.5 Å². The van der Waals surface area contributed by atoms with Crippen molar-refractivity contribution in [3.63, 3.8) is 0 Å². The molecule has 3 rings (SSSR count). The van der Waals surface area contributed by atoms with E-state index in [4.69, 9.17) is 21.1 Å². The number of hydrogen-bond acceptors (Lipinski definition) is 6. The summed E-state index contributed by atoms with van der Waals surface area (Å²) in [6.07, 6.45) is 3.17. The smallest absolute Gasteiger partial charge is 0.434 e. The van der Waals surface area contributed by atoms with Gasteiger partial charge in [-0.15, -0.1) is 0 Å². The third-order valence-corrected chi connectivity index (χ3v) is 6.60. The van der Waals surface area contributed by atoms with E-state index in [9.17, 15) is 19.8 Å². The van der Waals surface area contributed by atoms with E-state index < -0.39 is 23.8 Å². The number of ether oxygens (including phenoxy) is 2. The number of carbonyl (C=O) groups excluding carboxylic acids is 1. The van der Waals surface area contributed by atoms with Gasteiger partial charge in [0.1, 0.15) is 0 Å². The summed E-state index contributed by atoms with van der Waals surface area (Å²) in [7, 11) is 0. The van der Waals surface area contributed by atoms with Crippen LogP contribution in [0.2, 0.25) is 5.02 Å². The van der Waals surface area contributed by atoms with Crippen LogP contribution in [0.25, 0.3) is 0 Å². The molecule has 1 heterocycles. The maximum atomic E-state index is 13.4. The van der Waals surface area contributed by atoms with E-state index >= 15 is 0 Å². The zero-order valence-corrected chi connectivity index (χ0v) is 22.5. The molecule has 0 aliphatic carbocycles. The topological polar surface area (TPSA) is 108 Å². The summed E-state index contributed by atoms with van der Waals surface area (Å²) in [4.78, 5) is 27.2. The lowest BCUT2D eigenvalue weighted by Gasteiger charge is -2.29. The van der Waals surface area contributed by atoms with Gasteiger partial charge in [-0.25, -0.2) is 4.79 Å². The van der Waals surface area contributed by atoms with Crippen molar-refractivity contribution in [2.24, 2.45) is 0 Å². The molecule has 0 fully saturated rings. The van der Waals surface area contributed by atoms with E-state index in [0.717, 1.165) is 36.8 Å². The predicted molar refractivity (Wildman–Crippen MR) is 142 cm³/mol. The Bertz CT molecular complexity index is 1070. The second-order valence-electron chi connectivity index (χ2n) is 9.49. The van der Waals surface area contributed by atoms with Crippen LogP contribution in [-0.2, 0) is 16.0 Å². The summed E-state index contributed by atoms with van der Waals surface area (Å²) in [5, 5.41) is 24.3. The van der Waals surface area contributed by atoms with Crippen LogP contribution in [0.3, 0.4) is 0 Å². The number of hydrogen-bond donors (Lipinski definition) is 3. The highest BCUT2D eigenvalue weighted by Crippen LogP contribution is 2.41. The number of aliphatic hydroxyl groups excluding tert-OH is 1. The minimum atomic E-state index is -2.42. The van der Waals surface area contributed by atoms with Crippen LogP contribution in [0.5, 0.6) is 11.5 Å². The fourth-order valence-corrected chi connectivity index (χ4v) is 4.43. The van der Waals surface area contributed by atoms with E-state index in [1.165, 1.54) is 4.90 Å². The van der Waals surface area contributed by atoms with Crippen molar-refractivity contribution in [2.45, 2.75) is 70.8 Å². The van der Waals surface area contributed by atoms with Gasteiger partial charge in [0.25, 0.3) is 0 Å². The van der Waals surface area contributed by atoms with Crippen molar-refractivity contribution in [3.8, 4) is 11.5 Å². The first-order valence-electron chi connectivity index (χ1n) is 12.9. The number of rotatable bonds is 14. The predicted octanol–water partition coefficient (Wildman–Crippen LogP) is 4.58. The molecule has 37 heavy (non-hydrogen) atoms. The minimum absolute atomic E-state index is 0.00125. The first kappa shape index (κ1) is 28.8. The second-order valence-corrected chi connectivity index (χ2v) is 9.93. The first-order chi connectivity index (χ1) is 17.7. The number of amides is 1. The summed E-state index contributed by atoms with van der Waals surface area (Å²) >= 11 is 6.01. The molecule has 3 atom stereocenters. The van der Waals surface area contributed by atoms with Gasteiger partial charge in [0, 0.05) is 30.7 Å². The number of carboxylic acid groups (broad SMARTS) is 1. The summed E-state index contributed by atoms with van der Waals surface area (Å²) < 4.78 is 11.4. The molecule has 2 aromatic rings. The Morgan fingerprint density at radius 1 is 1.05 bits per heavy atom. The molecule has 0 radical (unpaired) electrons. The highest BCUT2D eigenvalue weighted by molar-refractivity contribution is 6.30. The number of carbonyl (C=O) groups is 2. The van der Waals surface area contributed by atoms with Crippen molar-refractivity contribution in [1.82, 2.24) is 10.2 Å². The highest BCUT2D eigenvalue weighted by atomic mass is 35.5. The Morgan fingerprint density at radius 2 is 1.73 bits per heavy atom. The number of aliphatic carboxylic acids is 1. The number of unbranched alkanes of at least 4 members (excludes halogenated alkanes) is 2. The second kappa shape index (κ2) is 13.1. The maximum absolute atomic E-state index is 13.4. The third kappa shape index (κ3) is 7.15. The summed E-state index contributed by atoms with van der Waals surface area (Å²) in [6, 6.07) is 12.3. The van der Waals surface area contributed by atoms with Gasteiger partial charge in [-0.3, -0.25) is 4.79 Å². The van der Waals surface area contributed by atoms with Crippen LogP contribution in [0.1, 0.15) is 63.7 Å². The molecule has 1 amide bonds. The zero-order valence-electron chi connectivity index (χ0n) is 21.7. The van der Waals surface area contributed by atoms with Gasteiger partial charge < -0.3 is 29.9 Å². The van der Waals surface area contributed by atoms with Crippen LogP contribution in [0.15, 0.2) is 42.5 Å². The Balaban J connectivity index is 1.67. The molecule has 3 N–H and O–H groups in total. The molecule has 3 unspecified atom stereocenters. The van der Waals surface area contributed by atoms with Crippen LogP contribution >= 0.6 is 11.6 Å². The number of nitrogens with one attached hydrogen (secondary N) is 1. The van der Waals surface area contributed by atoms with Gasteiger partial charge in [-0.1, -0.05) is 56.5 Å². The van der Waals surface area contributed by atoms with Crippen molar-refractivity contribution < 1.29 is 29.3 Å². The maximum Gasteiger partial charge on any atom is 0.434 e. The van der Waals surface area contributed by atoms with E-state index in [1.807, 2.05) is 32.9 Å². The summed E-state index contributed by atoms with van der Waals surface area (Å²) in [5.74, 6) is -4.14. The molecule has 1 aliphatic heterocycles. The van der Waals surface area contributed by atoms with Crippen LogP contribution < -0.4 is 14.8 Å². The normalized spacial score (nSPS) is 17.9. The number of carboxylic acids is 1. The Labute approximate surface area is 223 Å². The molecule has 0 saturated carbocycles. The molecule has 0 bridgehead atoms. The molecule has 2 aromatic carbocycles. The van der Waals surface area contributed by atoms with E-state index in [1.54, 1.807) is 30.3 Å². The van der Waals surface area contributed by atoms with Gasteiger partial charge in [0.15, 0.2) is 11.5 Å². The Kier molecular flexibility index (Phi) is 10.2. The zero-order chi connectivity index (χ0) is 27.0. The fourth-order valence-electron chi connectivity index (χ4n) is 4.23. The first-order valence-corrected chi connectivity index (χ1v) is 13.3.